The van der Waals surface area contributed by atoms with E-state index in [4.69, 9.17) is 16.3 Å². The number of alkyl halides is 1. The van der Waals surface area contributed by atoms with Crippen LogP contribution in [0.1, 0.15) is 26.2 Å². The zero-order chi connectivity index (χ0) is 9.94. The molecule has 0 spiro atoms. The molecule has 0 bridgehead atoms. The van der Waals surface area contributed by atoms with Gasteiger partial charge >= 0.3 is 0 Å². The van der Waals surface area contributed by atoms with E-state index in [0.29, 0.717) is 0 Å². The molecule has 0 fully saturated rings. The Morgan fingerprint density at radius 2 is 1.92 bits per heavy atom. The molecule has 80 valence electrons. The SMILES string of the molecule is CCOCCN(C)CCCCCCl. The van der Waals surface area contributed by atoms with Gasteiger partial charge in [-0.2, -0.15) is 0 Å². The Hall–Kier alpha value is 0.210. The third-order valence-electron chi connectivity index (χ3n) is 1.99. The highest BCUT2D eigenvalue weighted by atomic mass is 35.5. The molecule has 3 heteroatoms. The first-order chi connectivity index (χ1) is 6.31. The number of hydrogen-bond acceptors (Lipinski definition) is 2. The fraction of sp³-hybridized carbons (Fsp3) is 1.00. The van der Waals surface area contributed by atoms with E-state index in [0.717, 1.165) is 38.6 Å². The van der Waals surface area contributed by atoms with Crippen molar-refractivity contribution in [3.63, 3.8) is 0 Å². The van der Waals surface area contributed by atoms with Crippen LogP contribution in [-0.2, 0) is 4.74 Å². The first-order valence-electron chi connectivity index (χ1n) is 5.13. The summed E-state index contributed by atoms with van der Waals surface area (Å²) in [5, 5.41) is 0. The van der Waals surface area contributed by atoms with Crippen molar-refractivity contribution in [1.82, 2.24) is 4.90 Å². The lowest BCUT2D eigenvalue weighted by Crippen LogP contribution is -2.24. The molecule has 0 aromatic heterocycles. The maximum Gasteiger partial charge on any atom is 0.0593 e. The number of nitrogens with zero attached hydrogens (tertiary/aromatic N) is 1. The molecule has 0 aromatic carbocycles. The van der Waals surface area contributed by atoms with Crippen molar-refractivity contribution < 1.29 is 4.74 Å². The Morgan fingerprint density at radius 3 is 2.54 bits per heavy atom. The second kappa shape index (κ2) is 10.3. The van der Waals surface area contributed by atoms with Crippen LogP contribution in [0.4, 0.5) is 0 Å². The Balaban J connectivity index is 3.05. The van der Waals surface area contributed by atoms with Crippen molar-refractivity contribution in [2.24, 2.45) is 0 Å². The van der Waals surface area contributed by atoms with Gasteiger partial charge in [-0.3, -0.25) is 0 Å². The molecule has 0 radical (unpaired) electrons. The van der Waals surface area contributed by atoms with Crippen LogP contribution in [0.15, 0.2) is 0 Å². The largest absolute Gasteiger partial charge is 0.380 e. The highest BCUT2D eigenvalue weighted by Gasteiger charge is 1.96. The molecule has 0 N–H and O–H groups in total. The Kier molecular flexibility index (Phi) is 10.5. The molecule has 0 atom stereocenters. The Bertz CT molecular complexity index is 101. The fourth-order valence-corrected chi connectivity index (χ4v) is 1.32. The molecule has 0 saturated carbocycles. The minimum absolute atomic E-state index is 0.794. The summed E-state index contributed by atoms with van der Waals surface area (Å²) in [6.45, 7) is 5.89. The zero-order valence-electron chi connectivity index (χ0n) is 8.89. The summed E-state index contributed by atoms with van der Waals surface area (Å²) in [6, 6.07) is 0. The van der Waals surface area contributed by atoms with Gasteiger partial charge in [0.1, 0.15) is 0 Å². The minimum atomic E-state index is 0.794. The fourth-order valence-electron chi connectivity index (χ4n) is 1.13. The van der Waals surface area contributed by atoms with Crippen LogP contribution >= 0.6 is 11.6 Å². The lowest BCUT2D eigenvalue weighted by Gasteiger charge is -2.15. The van der Waals surface area contributed by atoms with Gasteiger partial charge in [-0.15, -0.1) is 11.6 Å². The molecular formula is C10H22ClNO. The van der Waals surface area contributed by atoms with Crippen LogP contribution in [0.5, 0.6) is 0 Å². The number of hydrogen-bond donors (Lipinski definition) is 0. The summed E-state index contributed by atoms with van der Waals surface area (Å²) in [6.07, 6.45) is 3.62. The van der Waals surface area contributed by atoms with Gasteiger partial charge in [0.15, 0.2) is 0 Å². The molecule has 0 heterocycles. The van der Waals surface area contributed by atoms with Crippen LogP contribution in [0.25, 0.3) is 0 Å². The van der Waals surface area contributed by atoms with Crippen LogP contribution in [-0.4, -0.2) is 44.1 Å². The molecule has 0 aromatic rings. The molecule has 0 rings (SSSR count). The maximum atomic E-state index is 5.59. The van der Waals surface area contributed by atoms with Gasteiger partial charge in [-0.05, 0) is 33.4 Å². The molecule has 0 amide bonds. The van der Waals surface area contributed by atoms with Crippen LogP contribution in [0.3, 0.4) is 0 Å². The lowest BCUT2D eigenvalue weighted by atomic mass is 10.2. The second-order valence-electron chi connectivity index (χ2n) is 3.25. The normalized spacial score (nSPS) is 11.1. The van der Waals surface area contributed by atoms with Gasteiger partial charge in [-0.25, -0.2) is 0 Å². The van der Waals surface area contributed by atoms with E-state index < -0.39 is 0 Å². The maximum absolute atomic E-state index is 5.59. The van der Waals surface area contributed by atoms with E-state index in [1.54, 1.807) is 0 Å². The van der Waals surface area contributed by atoms with Crippen LogP contribution < -0.4 is 0 Å². The van der Waals surface area contributed by atoms with E-state index in [1.165, 1.54) is 12.8 Å². The van der Waals surface area contributed by atoms with Crippen molar-refractivity contribution in [2.75, 3.05) is 39.2 Å². The average Bonchev–Trinajstić information content (AvgIpc) is 2.13. The number of ether oxygens (including phenoxy) is 1. The third kappa shape index (κ3) is 10.1. The highest BCUT2D eigenvalue weighted by Crippen LogP contribution is 1.98. The molecule has 0 unspecified atom stereocenters. The minimum Gasteiger partial charge on any atom is -0.380 e. The van der Waals surface area contributed by atoms with Gasteiger partial charge < -0.3 is 9.64 Å². The lowest BCUT2D eigenvalue weighted by molar-refractivity contribution is 0.121. The molecule has 0 aliphatic rings. The standard InChI is InChI=1S/C10H22ClNO/c1-3-13-10-9-12(2)8-6-4-5-7-11/h3-10H2,1-2H3. The Morgan fingerprint density at radius 1 is 1.15 bits per heavy atom. The molecular weight excluding hydrogens is 186 g/mol. The highest BCUT2D eigenvalue weighted by molar-refractivity contribution is 6.17. The quantitative estimate of drug-likeness (QED) is 0.425. The number of unbranched alkanes of at least 4 members (excludes halogenated alkanes) is 2. The van der Waals surface area contributed by atoms with Crippen molar-refractivity contribution in [3.05, 3.63) is 0 Å². The van der Waals surface area contributed by atoms with Crippen molar-refractivity contribution in [3.8, 4) is 0 Å². The third-order valence-corrected chi connectivity index (χ3v) is 2.26. The van der Waals surface area contributed by atoms with Gasteiger partial charge in [0.25, 0.3) is 0 Å². The first-order valence-corrected chi connectivity index (χ1v) is 5.67. The van der Waals surface area contributed by atoms with E-state index in [2.05, 4.69) is 11.9 Å². The number of halogens is 1. The number of rotatable bonds is 9. The predicted molar refractivity (Wildman–Crippen MR) is 58.6 cm³/mol. The van der Waals surface area contributed by atoms with Crippen molar-refractivity contribution in [1.29, 1.82) is 0 Å². The summed E-state index contributed by atoms with van der Waals surface area (Å²) in [7, 11) is 2.14. The van der Waals surface area contributed by atoms with Crippen LogP contribution in [0.2, 0.25) is 0 Å². The van der Waals surface area contributed by atoms with Gasteiger partial charge in [0.05, 0.1) is 6.61 Å². The summed E-state index contributed by atoms with van der Waals surface area (Å²) in [5.74, 6) is 0.794. The van der Waals surface area contributed by atoms with Gasteiger partial charge in [0.2, 0.25) is 0 Å². The topological polar surface area (TPSA) is 12.5 Å². The van der Waals surface area contributed by atoms with E-state index in [-0.39, 0.29) is 0 Å². The van der Waals surface area contributed by atoms with Gasteiger partial charge in [-0.1, -0.05) is 6.42 Å². The van der Waals surface area contributed by atoms with Crippen LogP contribution in [0, 0.1) is 0 Å². The summed E-state index contributed by atoms with van der Waals surface area (Å²) in [5.41, 5.74) is 0. The smallest absolute Gasteiger partial charge is 0.0593 e. The monoisotopic (exact) mass is 207 g/mol. The molecule has 2 nitrogen and oxygen atoms in total. The molecule has 13 heavy (non-hydrogen) atoms. The second-order valence-corrected chi connectivity index (χ2v) is 3.63. The van der Waals surface area contributed by atoms with E-state index in [9.17, 15) is 0 Å². The van der Waals surface area contributed by atoms with Gasteiger partial charge in [0, 0.05) is 19.0 Å². The zero-order valence-corrected chi connectivity index (χ0v) is 9.65. The Labute approximate surface area is 87.2 Å². The summed E-state index contributed by atoms with van der Waals surface area (Å²) in [4.78, 5) is 2.31. The molecule has 0 aliphatic heterocycles. The summed E-state index contributed by atoms with van der Waals surface area (Å²) >= 11 is 5.59. The van der Waals surface area contributed by atoms with Crippen molar-refractivity contribution in [2.45, 2.75) is 26.2 Å². The van der Waals surface area contributed by atoms with E-state index in [1.807, 2.05) is 6.92 Å². The number of likely N-dealkylation sites (N-methyl/N-ethyl adjacent to an activating group) is 1. The van der Waals surface area contributed by atoms with Crippen molar-refractivity contribution >= 4 is 11.6 Å². The average molecular weight is 208 g/mol. The van der Waals surface area contributed by atoms with E-state index >= 15 is 0 Å². The molecule has 0 saturated heterocycles. The first kappa shape index (κ1) is 13.2. The summed E-state index contributed by atoms with van der Waals surface area (Å²) < 4.78 is 5.27. The predicted octanol–water partition coefficient (Wildman–Crippen LogP) is 2.36. The molecule has 0 aliphatic carbocycles.